The molecule has 0 spiro atoms. The molecule has 0 amide bonds. The van der Waals surface area contributed by atoms with Crippen molar-refractivity contribution in [1.82, 2.24) is 65.2 Å². The molecule has 0 atom stereocenters. The van der Waals surface area contributed by atoms with Crippen LogP contribution in [-0.2, 0) is 32.7 Å². The molecule has 0 unspecified atom stereocenters. The molecule has 5 aromatic carbocycles. The van der Waals surface area contributed by atoms with Crippen LogP contribution in [0.3, 0.4) is 0 Å². The van der Waals surface area contributed by atoms with Crippen molar-refractivity contribution in [3.63, 3.8) is 0 Å². The molecular formula is C78H100N16O6. The summed E-state index contributed by atoms with van der Waals surface area (Å²) in [5, 5.41) is 40.7. The second-order valence-electron chi connectivity index (χ2n) is 24.9. The highest BCUT2D eigenvalue weighted by Gasteiger charge is 2.18. The maximum atomic E-state index is 8.80. The molecule has 0 aliphatic rings. The van der Waals surface area contributed by atoms with Gasteiger partial charge in [0.25, 0.3) is 0 Å². The first-order valence-electron chi connectivity index (χ1n) is 34.1. The molecule has 0 bridgehead atoms. The predicted molar refractivity (Wildman–Crippen MR) is 392 cm³/mol. The molecule has 22 nitrogen and oxygen atoms in total. The van der Waals surface area contributed by atoms with Gasteiger partial charge < -0.3 is 47.2 Å². The lowest BCUT2D eigenvalue weighted by Crippen LogP contribution is -2.27. The Hall–Kier alpha value is -10.1. The van der Waals surface area contributed by atoms with E-state index in [4.69, 9.17) is 42.9 Å². The quantitative estimate of drug-likeness (QED) is 0.0424. The summed E-state index contributed by atoms with van der Waals surface area (Å²) in [7, 11) is 12.3. The van der Waals surface area contributed by atoms with E-state index >= 15 is 0 Å². The van der Waals surface area contributed by atoms with Crippen LogP contribution in [0.4, 0.5) is 0 Å². The van der Waals surface area contributed by atoms with Crippen LogP contribution < -0.4 is 14.8 Å². The van der Waals surface area contributed by atoms with E-state index in [9.17, 15) is 0 Å². The molecule has 0 saturated heterocycles. The fraction of sp³-hybridized carbons (Fsp3) is 0.397. The summed E-state index contributed by atoms with van der Waals surface area (Å²) in [5.41, 5.74) is 12.4. The standard InChI is InChI=1S/C17H25N3O2.C17H24N2O2.2C15H17N3O.C14H17N5/c1-13(2)22-15-7-5-14(6-8-15)17-16(19-12-21-17)11-20(4)10-9-18-3;1-5-10-19(4)11-16-17(20-12-18-16)14-6-8-15(9-7-14)21-13(2)3;1-3-8-18(2)10-14-15(17-11-19-14)13-6-4-12(9-16)5-7-13;1-3-8-18(2)10-14-15(19-11-17-14)13-6-4-12(9-16)5-7-13;1-3-8-19(2)10-13-14(17-18-16-13)12-6-4-11(9-15)5-7-12/h5-8,12-13,18H,9-11H2,1-4H3;6-9,12-13H,5,10-11H2,1-4H3;2*4-7,11H,3,8,10H2,1-2H3;4-7H,3,8,10H2,1-2H3,(H,16,17,18). The highest BCUT2D eigenvalue weighted by Crippen LogP contribution is 2.30. The Balaban J connectivity index is 0.000000197. The summed E-state index contributed by atoms with van der Waals surface area (Å²) >= 11 is 0. The molecule has 100 heavy (non-hydrogen) atoms. The molecule has 10 rings (SSSR count). The highest BCUT2D eigenvalue weighted by atomic mass is 16.5. The Morgan fingerprint density at radius 3 is 1.07 bits per heavy atom. The van der Waals surface area contributed by atoms with Crippen LogP contribution in [0, 0.1) is 34.0 Å². The summed E-state index contributed by atoms with van der Waals surface area (Å²) in [6, 6.07) is 44.4. The molecule has 5 heterocycles. The first-order chi connectivity index (χ1) is 48.4. The maximum Gasteiger partial charge on any atom is 0.181 e. The van der Waals surface area contributed by atoms with E-state index in [0.29, 0.717) is 16.7 Å². The van der Waals surface area contributed by atoms with Gasteiger partial charge in [-0.2, -0.15) is 31.2 Å². The van der Waals surface area contributed by atoms with Crippen LogP contribution in [0.2, 0.25) is 0 Å². The van der Waals surface area contributed by atoms with Gasteiger partial charge in [0, 0.05) is 67.1 Å². The van der Waals surface area contributed by atoms with Gasteiger partial charge in [-0.3, -0.25) is 9.80 Å². The summed E-state index contributed by atoms with van der Waals surface area (Å²) < 4.78 is 33.4. The number of ether oxygens (including phenoxy) is 2. The third kappa shape index (κ3) is 26.0. The lowest BCUT2D eigenvalue weighted by Gasteiger charge is -2.15. The smallest absolute Gasteiger partial charge is 0.181 e. The van der Waals surface area contributed by atoms with Gasteiger partial charge in [-0.25, -0.2) is 19.9 Å². The monoisotopic (exact) mass is 1360 g/mol. The summed E-state index contributed by atoms with van der Waals surface area (Å²) in [5.74, 6) is 5.05. The molecule has 0 fully saturated rings. The van der Waals surface area contributed by atoms with E-state index in [1.807, 2.05) is 120 Å². The van der Waals surface area contributed by atoms with E-state index in [1.54, 1.807) is 36.4 Å². The third-order valence-electron chi connectivity index (χ3n) is 15.3. The zero-order chi connectivity index (χ0) is 72.2. The number of H-pyrrole nitrogens is 1. The largest absolute Gasteiger partial charge is 0.491 e. The number of likely N-dealkylation sites (N-methyl/N-ethyl adjacent to an activating group) is 2. The number of oxazole rings is 4. The number of benzene rings is 5. The van der Waals surface area contributed by atoms with Crippen LogP contribution in [0.5, 0.6) is 11.5 Å². The van der Waals surface area contributed by atoms with Crippen molar-refractivity contribution in [2.24, 2.45) is 0 Å². The Morgan fingerprint density at radius 1 is 0.400 bits per heavy atom. The number of nitriles is 3. The number of rotatable bonds is 30. The van der Waals surface area contributed by atoms with Gasteiger partial charge in [0.1, 0.15) is 51.4 Å². The van der Waals surface area contributed by atoms with E-state index in [0.717, 1.165) is 194 Å². The van der Waals surface area contributed by atoms with E-state index in [-0.39, 0.29) is 12.2 Å². The first-order valence-corrected chi connectivity index (χ1v) is 34.1. The van der Waals surface area contributed by atoms with Crippen LogP contribution in [0.1, 0.15) is 126 Å². The number of aromatic nitrogens is 7. The normalized spacial score (nSPS) is 10.9. The fourth-order valence-electron chi connectivity index (χ4n) is 10.6. The molecule has 0 radical (unpaired) electrons. The number of aromatic amines is 1. The van der Waals surface area contributed by atoms with Crippen molar-refractivity contribution in [3.8, 4) is 86.2 Å². The molecular weight excluding hydrogens is 1260 g/mol. The summed E-state index contributed by atoms with van der Waals surface area (Å²) in [4.78, 5) is 28.4. The minimum atomic E-state index is 0.174. The highest BCUT2D eigenvalue weighted by molar-refractivity contribution is 5.65. The fourth-order valence-corrected chi connectivity index (χ4v) is 10.6. The van der Waals surface area contributed by atoms with Gasteiger partial charge >= 0.3 is 0 Å². The van der Waals surface area contributed by atoms with Gasteiger partial charge in [0.2, 0.25) is 0 Å². The van der Waals surface area contributed by atoms with Crippen molar-refractivity contribution in [2.45, 2.75) is 126 Å². The Morgan fingerprint density at radius 2 is 0.720 bits per heavy atom. The number of hydrogen-bond acceptors (Lipinski definition) is 21. The third-order valence-corrected chi connectivity index (χ3v) is 15.3. The zero-order valence-electron chi connectivity index (χ0n) is 60.8. The van der Waals surface area contributed by atoms with Gasteiger partial charge in [0.05, 0.1) is 53.7 Å². The Bertz CT molecular complexity index is 3770. The second kappa shape index (κ2) is 42.7. The molecule has 22 heteroatoms. The topological polar surface area (TPSA) is 264 Å². The SMILES string of the molecule is CCCN(C)Cc1n[nH]nc1-c1ccc(C#N)cc1.CCCN(C)Cc1ncoc1-c1ccc(C#N)cc1.CCCN(C)Cc1ncoc1-c1ccc(OC(C)C)cc1.CCCN(C)Cc1ocnc1-c1ccc(C#N)cc1.CNCCN(C)Cc1ncoc1-c1ccc(OC(C)C)cc1. The zero-order valence-corrected chi connectivity index (χ0v) is 60.8. The van der Waals surface area contributed by atoms with Gasteiger partial charge in [-0.05, 0) is 219 Å². The Kier molecular flexibility index (Phi) is 33.7. The van der Waals surface area contributed by atoms with Crippen molar-refractivity contribution in [2.75, 3.05) is 81.6 Å². The van der Waals surface area contributed by atoms with Crippen LogP contribution >= 0.6 is 0 Å². The number of nitrogens with one attached hydrogen (secondary N) is 2. The lowest BCUT2D eigenvalue weighted by molar-refractivity contribution is 0.242. The van der Waals surface area contributed by atoms with E-state index < -0.39 is 0 Å². The average Bonchev–Trinajstić information content (AvgIpc) is 1.62. The van der Waals surface area contributed by atoms with Crippen LogP contribution in [0.15, 0.2) is 165 Å². The predicted octanol–water partition coefficient (Wildman–Crippen LogP) is 15.0. The molecule has 0 aliphatic carbocycles. The minimum Gasteiger partial charge on any atom is -0.491 e. The molecule has 0 saturated carbocycles. The molecule has 10 aromatic rings. The van der Waals surface area contributed by atoms with Crippen LogP contribution in [0.25, 0.3) is 56.5 Å². The summed E-state index contributed by atoms with van der Waals surface area (Å²) in [6.45, 7) is 26.6. The lowest BCUT2D eigenvalue weighted by atomic mass is 10.1. The molecule has 5 aromatic heterocycles. The van der Waals surface area contributed by atoms with Crippen LogP contribution in [-0.4, -0.2) is 154 Å². The van der Waals surface area contributed by atoms with Crippen molar-refractivity contribution in [1.29, 1.82) is 15.8 Å². The summed E-state index contributed by atoms with van der Waals surface area (Å²) in [6.07, 6.45) is 10.8. The molecule has 0 aliphatic heterocycles. The average molecular weight is 1360 g/mol. The number of hydrogen-bond donors (Lipinski definition) is 2. The minimum absolute atomic E-state index is 0.174. The van der Waals surface area contributed by atoms with Gasteiger partial charge in [0.15, 0.2) is 42.9 Å². The molecule has 528 valence electrons. The molecule has 2 N–H and O–H groups in total. The second-order valence-corrected chi connectivity index (χ2v) is 24.9. The number of nitrogens with zero attached hydrogens (tertiary/aromatic N) is 14. The van der Waals surface area contributed by atoms with Gasteiger partial charge in [-0.1, -0.05) is 52.0 Å². The van der Waals surface area contributed by atoms with E-state index in [2.05, 4.69) is 146 Å². The Labute approximate surface area is 591 Å². The van der Waals surface area contributed by atoms with E-state index in [1.165, 1.54) is 25.6 Å². The first kappa shape index (κ1) is 78.9. The maximum absolute atomic E-state index is 8.80. The van der Waals surface area contributed by atoms with Crippen molar-refractivity contribution in [3.05, 3.63) is 192 Å². The van der Waals surface area contributed by atoms with Crippen molar-refractivity contribution < 1.29 is 27.1 Å². The van der Waals surface area contributed by atoms with Gasteiger partial charge in [-0.15, -0.1) is 0 Å². The van der Waals surface area contributed by atoms with Crippen molar-refractivity contribution >= 4 is 0 Å².